The summed E-state index contributed by atoms with van der Waals surface area (Å²) in [5.41, 5.74) is 8.47. The molecule has 0 radical (unpaired) electrons. The molecule has 0 aliphatic carbocycles. The molecule has 9 aliphatic heterocycles. The van der Waals surface area contributed by atoms with Crippen LogP contribution in [0.2, 0.25) is 0 Å². The van der Waals surface area contributed by atoms with Gasteiger partial charge in [0.1, 0.15) is 195 Å². The van der Waals surface area contributed by atoms with Crippen molar-refractivity contribution in [3.8, 4) is 0 Å². The summed E-state index contributed by atoms with van der Waals surface area (Å²) in [4.78, 5) is 42.9. The molecule has 0 aromatic carbocycles. The average molecular weight is 1800 g/mol. The van der Waals surface area contributed by atoms with Crippen molar-refractivity contribution in [3.05, 3.63) is 10.4 Å². The van der Waals surface area contributed by atoms with Gasteiger partial charge in [0, 0.05) is 50.1 Å². The van der Waals surface area contributed by atoms with Gasteiger partial charge in [-0.2, -0.15) is 0 Å². The van der Waals surface area contributed by atoms with Crippen molar-refractivity contribution in [2.75, 3.05) is 99.0 Å². The minimum Gasteiger partial charge on any atom is -0.394 e. The van der Waals surface area contributed by atoms with Gasteiger partial charge in [0.2, 0.25) is 11.8 Å². The van der Waals surface area contributed by atoms with Crippen LogP contribution >= 0.6 is 0 Å². The number of hydrogen-bond acceptors (Lipinski definition) is 49. The smallest absolute Gasteiger partial charge is 0.280 e. The molecule has 9 aliphatic rings. The Balaban J connectivity index is 0.959. The largest absolute Gasteiger partial charge is 0.394 e. The SMILES string of the molecule is CC(=O)NC1C(OC2C(OCC3OC(OC4C(CO)OC(O)C(C)C4O)C(O)C(OC4OC(CO)C(O)C(O)C4OC4OC(CO)C(OC5OC(CO)C(O)C(O)C5O)C(O)C4NC(C)=O)C3O)OC(CO)C(O)C2O)OC(CO)C(OC2OC(COC3(C(=O)NCCOCCOCCN=[N+]=[N-])CC(O)C(C)C([C@H](O)[C@H](O)CO)O3)C(O)C(O)C2O)C1O. The molecule has 0 aromatic rings. The number of nitrogens with zero attached hydrogens (tertiary/aromatic N) is 3. The molecule has 54 heteroatoms. The number of ether oxygens (including phenoxy) is 19. The van der Waals surface area contributed by atoms with E-state index in [9.17, 15) is 147 Å². The van der Waals surface area contributed by atoms with Crippen LogP contribution in [0.1, 0.15) is 34.1 Å². The summed E-state index contributed by atoms with van der Waals surface area (Å²) in [6.07, 6.45) is -84.9. The van der Waals surface area contributed by atoms with Gasteiger partial charge >= 0.3 is 0 Å². The average Bonchev–Trinajstić information content (AvgIpc) is 0.771. The van der Waals surface area contributed by atoms with Gasteiger partial charge in [0.25, 0.3) is 11.7 Å². The van der Waals surface area contributed by atoms with Crippen LogP contribution in [0.15, 0.2) is 5.11 Å². The second-order valence-corrected chi connectivity index (χ2v) is 31.0. The van der Waals surface area contributed by atoms with Crippen LogP contribution in [0, 0.1) is 11.8 Å². The topological polar surface area (TPSA) is 837 Å². The van der Waals surface area contributed by atoms with Crippen molar-refractivity contribution in [2.45, 2.75) is 304 Å². The molecule has 9 saturated heterocycles. The molecule has 54 nitrogen and oxygen atoms in total. The maximum absolute atomic E-state index is 14.3. The standard InChI is InChI=1S/C69H118N6O48/c1-21-25(85)11-69(123-53(21)38(88)26(86)12-76,68(104)71-5-7-105-9-10-106-8-6-72-75-70)108-20-34-42(92)47(97)51(101)64(116-34)119-56-32(18-82)113-61(35(44(56)94)73-23(3)83)121-58-48(98)40(90)28(14-78)111-66(58)107-19-33-43(93)57(52(102)65(115-33)117-54-30(16-80)109-60(103)22(2)37(54)87)120-67-59(49(99)41(91)29(15-79)112-67)122-62-36(74-24(4)84)45(95)55(31(17-81)114-62)118-63-50(100)46(96)39(89)27(13-77)110-63/h21-22,25-67,76-82,85-103H,5-20H2,1-4H3,(H,71,104)(H,73,83)(H,74,84)/t21?,22?,25?,26-,27?,28?,29?,30?,31?,32?,33?,34?,35?,36?,37?,38-,39?,40?,41?,42?,43?,44?,45?,46?,47?,48?,49?,50?,51?,52?,53?,54?,55?,56?,57?,58?,59?,60?,61?,62?,63?,64?,65?,66?,67?,69?/m1/s1. The summed E-state index contributed by atoms with van der Waals surface area (Å²) in [5, 5.41) is 300. The lowest BCUT2D eigenvalue weighted by Gasteiger charge is -2.51. The zero-order valence-corrected chi connectivity index (χ0v) is 66.7. The van der Waals surface area contributed by atoms with E-state index in [1.807, 2.05) is 0 Å². The van der Waals surface area contributed by atoms with Gasteiger partial charge in [-0.1, -0.05) is 19.0 Å². The fraction of sp³-hybridized carbons (Fsp3) is 0.957. The summed E-state index contributed by atoms with van der Waals surface area (Å²) in [5.74, 6) is -8.04. The summed E-state index contributed by atoms with van der Waals surface area (Å²) in [7, 11) is 0. The van der Waals surface area contributed by atoms with E-state index in [4.69, 9.17) is 95.5 Å². The molecule has 123 heavy (non-hydrogen) atoms. The summed E-state index contributed by atoms with van der Waals surface area (Å²) >= 11 is 0. The molecule has 9 fully saturated rings. The van der Waals surface area contributed by atoms with Gasteiger partial charge in [-0.15, -0.1) is 0 Å². The maximum atomic E-state index is 14.3. The van der Waals surface area contributed by atoms with Crippen LogP contribution in [0.25, 0.3) is 10.4 Å². The summed E-state index contributed by atoms with van der Waals surface area (Å²) < 4.78 is 112. The fourth-order valence-electron chi connectivity index (χ4n) is 15.4. The predicted octanol–water partition coefficient (Wildman–Crippen LogP) is -18.2. The van der Waals surface area contributed by atoms with Crippen LogP contribution in [-0.4, -0.2) is 519 Å². The Morgan fingerprint density at radius 2 is 0.837 bits per heavy atom. The number of aliphatic hydroxyl groups is 26. The third-order valence-corrected chi connectivity index (χ3v) is 22.6. The van der Waals surface area contributed by atoms with Gasteiger partial charge in [-0.05, 0) is 5.53 Å². The Morgan fingerprint density at radius 3 is 1.33 bits per heavy atom. The molecule has 9 rings (SSSR count). The maximum Gasteiger partial charge on any atom is 0.280 e. The fourth-order valence-corrected chi connectivity index (χ4v) is 15.4. The second kappa shape index (κ2) is 46.6. The van der Waals surface area contributed by atoms with Gasteiger partial charge < -0.3 is 239 Å². The number of aliphatic hydroxyl groups excluding tert-OH is 26. The van der Waals surface area contributed by atoms with E-state index >= 15 is 0 Å². The van der Waals surface area contributed by atoms with Gasteiger partial charge in [-0.3, -0.25) is 14.4 Å². The lowest BCUT2D eigenvalue weighted by molar-refractivity contribution is -0.398. The first-order valence-corrected chi connectivity index (χ1v) is 39.7. The Morgan fingerprint density at radius 1 is 0.431 bits per heavy atom. The molecule has 9 heterocycles. The molecular formula is C69H118N6O48. The second-order valence-electron chi connectivity index (χ2n) is 31.0. The molecule has 3 amide bonds. The number of azide groups is 1. The van der Waals surface area contributed by atoms with Crippen LogP contribution in [0.4, 0.5) is 0 Å². The third kappa shape index (κ3) is 24.0. The molecule has 46 atom stereocenters. The summed E-state index contributed by atoms with van der Waals surface area (Å²) in [6.45, 7) is -5.46. The lowest BCUT2D eigenvalue weighted by atomic mass is 9.84. The molecule has 29 N–H and O–H groups in total. The lowest BCUT2D eigenvalue weighted by Crippen LogP contribution is -2.70. The minimum absolute atomic E-state index is 0.00299. The highest BCUT2D eigenvalue weighted by Gasteiger charge is 2.62. The normalized spacial score (nSPS) is 46.1. The molecule has 0 spiro atoms. The first-order chi connectivity index (χ1) is 58.4. The monoisotopic (exact) mass is 1800 g/mol. The number of hydrogen-bond donors (Lipinski definition) is 29. The van der Waals surface area contributed by atoms with E-state index in [0.29, 0.717) is 0 Å². The molecule has 712 valence electrons. The summed E-state index contributed by atoms with van der Waals surface area (Å²) in [6, 6.07) is -3.90. The number of carbonyl (C=O) groups is 3. The van der Waals surface area contributed by atoms with E-state index in [2.05, 4.69) is 26.0 Å². The molecule has 0 bridgehead atoms. The Hall–Kier alpha value is -4.08. The highest BCUT2D eigenvalue weighted by Crippen LogP contribution is 2.42. The Labute approximate surface area is 699 Å². The van der Waals surface area contributed by atoms with E-state index in [1.165, 1.54) is 13.8 Å². The van der Waals surface area contributed by atoms with Crippen molar-refractivity contribution < 1.29 is 237 Å². The highest BCUT2D eigenvalue weighted by atomic mass is 16.8. The van der Waals surface area contributed by atoms with Crippen LogP contribution in [-0.2, 0) is 104 Å². The number of carbonyl (C=O) groups excluding carboxylic acids is 3. The zero-order valence-electron chi connectivity index (χ0n) is 66.7. The van der Waals surface area contributed by atoms with Gasteiger partial charge in [-0.25, -0.2) is 0 Å². The first kappa shape index (κ1) is 103. The van der Waals surface area contributed by atoms with E-state index in [1.54, 1.807) is 0 Å². The quantitative estimate of drug-likeness (QED) is 0.0118. The number of nitrogens with one attached hydrogen (secondary N) is 3. The first-order valence-electron chi connectivity index (χ1n) is 39.7. The van der Waals surface area contributed by atoms with Crippen molar-refractivity contribution in [1.82, 2.24) is 16.0 Å². The van der Waals surface area contributed by atoms with E-state index in [-0.39, 0.29) is 39.5 Å². The third-order valence-electron chi connectivity index (χ3n) is 22.6. The van der Waals surface area contributed by atoms with E-state index in [0.717, 1.165) is 13.8 Å². The molecular weight excluding hydrogens is 1680 g/mol. The van der Waals surface area contributed by atoms with Crippen molar-refractivity contribution >= 4 is 17.7 Å². The Bertz CT molecular complexity index is 3270. The highest BCUT2D eigenvalue weighted by molar-refractivity contribution is 5.84. The number of amides is 3. The van der Waals surface area contributed by atoms with Crippen LogP contribution < -0.4 is 16.0 Å². The Kier molecular flexibility index (Phi) is 38.9. The van der Waals surface area contributed by atoms with Gasteiger partial charge in [0.05, 0.1) is 104 Å². The minimum atomic E-state index is -2.69. The molecule has 0 aromatic heterocycles. The zero-order chi connectivity index (χ0) is 90.5. The molecule has 0 saturated carbocycles. The van der Waals surface area contributed by atoms with Crippen molar-refractivity contribution in [1.29, 1.82) is 0 Å². The predicted molar refractivity (Wildman–Crippen MR) is 385 cm³/mol. The van der Waals surface area contributed by atoms with Crippen molar-refractivity contribution in [2.24, 2.45) is 17.0 Å². The van der Waals surface area contributed by atoms with Crippen LogP contribution in [0.3, 0.4) is 0 Å². The van der Waals surface area contributed by atoms with Crippen molar-refractivity contribution in [3.63, 3.8) is 0 Å². The molecule has 44 unspecified atom stereocenters. The van der Waals surface area contributed by atoms with E-state index < -0.39 is 365 Å². The number of rotatable bonds is 39. The van der Waals surface area contributed by atoms with Gasteiger partial charge in [0.15, 0.2) is 50.3 Å². The van der Waals surface area contributed by atoms with Crippen LogP contribution in [0.5, 0.6) is 0 Å².